The largest absolute Gasteiger partial charge is 0.364 e. The molecule has 1 aromatic rings. The molecule has 0 bridgehead atoms. The minimum absolute atomic E-state index is 0.00510. The number of likely N-dealkylation sites (tertiary alicyclic amines) is 1. The number of hydrogen-bond donors (Lipinski definition) is 1. The number of nitrogens with zero attached hydrogens (tertiary/aromatic N) is 3. The molecule has 2 rings (SSSR count). The number of aromatic nitrogens is 2. The van der Waals surface area contributed by atoms with Crippen molar-refractivity contribution in [1.82, 2.24) is 14.7 Å². The average Bonchev–Trinajstić information content (AvgIpc) is 2.71. The molecule has 1 atom stereocenters. The molecule has 1 aliphatic heterocycles. The summed E-state index contributed by atoms with van der Waals surface area (Å²) in [5.41, 5.74) is 5.43. The summed E-state index contributed by atoms with van der Waals surface area (Å²) in [5, 5.41) is 3.89. The maximum Gasteiger partial charge on any atom is 0.273 e. The highest BCUT2D eigenvalue weighted by Gasteiger charge is 2.27. The Morgan fingerprint density at radius 1 is 1.44 bits per heavy atom. The van der Waals surface area contributed by atoms with Crippen LogP contribution in [0.2, 0.25) is 0 Å². The molecule has 2 amide bonds. The Kier molecular flexibility index (Phi) is 3.36. The number of piperidine rings is 1. The van der Waals surface area contributed by atoms with E-state index in [1.54, 1.807) is 7.05 Å². The third-order valence-corrected chi connectivity index (χ3v) is 3.31. The highest BCUT2D eigenvalue weighted by molar-refractivity contribution is 5.97. The highest BCUT2D eigenvalue weighted by Crippen LogP contribution is 2.19. The Hall–Kier alpha value is -1.85. The standard InChI is InChI=1S/C12H17N4O2/c1-8-5-3-4-6-16(8)12(18)10-7-9(11(13)17)14-15(10)2/h8H,3-6H2,1-2H3,(H2,13,17). The fraction of sp³-hybridized carbons (Fsp3) is 0.583. The zero-order valence-corrected chi connectivity index (χ0v) is 10.6. The molecule has 0 spiro atoms. The van der Waals surface area contributed by atoms with Gasteiger partial charge in [0.15, 0.2) is 5.69 Å². The van der Waals surface area contributed by atoms with Gasteiger partial charge in [-0.1, -0.05) is 0 Å². The Balaban J connectivity index is 2.25. The molecular formula is C12H17N4O2. The predicted molar refractivity (Wildman–Crippen MR) is 64.9 cm³/mol. The Morgan fingerprint density at radius 3 is 2.72 bits per heavy atom. The number of amides is 2. The van der Waals surface area contributed by atoms with Crippen LogP contribution in [-0.4, -0.2) is 39.1 Å². The van der Waals surface area contributed by atoms with Crippen molar-refractivity contribution >= 4 is 11.8 Å². The molecule has 0 aromatic carbocycles. The summed E-state index contributed by atoms with van der Waals surface area (Å²) < 4.78 is 1.36. The lowest BCUT2D eigenvalue weighted by atomic mass is 10.0. The lowest BCUT2D eigenvalue weighted by Crippen LogP contribution is -2.42. The predicted octanol–water partition coefficient (Wildman–Crippen LogP) is 0.334. The van der Waals surface area contributed by atoms with Crippen molar-refractivity contribution in [2.45, 2.75) is 32.2 Å². The van der Waals surface area contributed by atoms with E-state index in [2.05, 4.69) is 11.2 Å². The van der Waals surface area contributed by atoms with E-state index in [-0.39, 0.29) is 23.3 Å². The van der Waals surface area contributed by atoms with Crippen molar-refractivity contribution in [3.8, 4) is 0 Å². The van der Waals surface area contributed by atoms with Crippen molar-refractivity contribution in [2.24, 2.45) is 12.8 Å². The van der Waals surface area contributed by atoms with Crippen molar-refractivity contribution in [1.29, 1.82) is 0 Å². The van der Waals surface area contributed by atoms with Gasteiger partial charge in [-0.05, 0) is 26.2 Å². The number of primary amides is 1. The van der Waals surface area contributed by atoms with Crippen LogP contribution in [0.15, 0.2) is 0 Å². The molecule has 1 unspecified atom stereocenters. The average molecular weight is 249 g/mol. The molecule has 1 fully saturated rings. The van der Waals surface area contributed by atoms with E-state index in [4.69, 9.17) is 5.73 Å². The molecule has 1 saturated heterocycles. The zero-order chi connectivity index (χ0) is 13.3. The summed E-state index contributed by atoms with van der Waals surface area (Å²) >= 11 is 0. The number of nitrogens with two attached hydrogens (primary N) is 1. The molecule has 6 heteroatoms. The van der Waals surface area contributed by atoms with Gasteiger partial charge in [0.2, 0.25) is 0 Å². The second-order valence-electron chi connectivity index (χ2n) is 4.65. The summed E-state index contributed by atoms with van der Waals surface area (Å²) in [7, 11) is 1.62. The van der Waals surface area contributed by atoms with Crippen LogP contribution in [-0.2, 0) is 7.05 Å². The number of hydrogen-bond acceptors (Lipinski definition) is 3. The van der Waals surface area contributed by atoms with Crippen LogP contribution in [0.4, 0.5) is 0 Å². The lowest BCUT2D eigenvalue weighted by Gasteiger charge is -2.33. The Bertz CT molecular complexity index is 480. The van der Waals surface area contributed by atoms with Crippen LogP contribution in [0.25, 0.3) is 0 Å². The molecule has 2 N–H and O–H groups in total. The molecule has 1 radical (unpaired) electrons. The summed E-state index contributed by atoms with van der Waals surface area (Å²) in [4.78, 5) is 25.2. The third-order valence-electron chi connectivity index (χ3n) is 3.31. The van der Waals surface area contributed by atoms with Gasteiger partial charge in [0.25, 0.3) is 11.8 Å². The summed E-state index contributed by atoms with van der Waals surface area (Å²) in [6, 6.07) is 2.90. The molecule has 0 aliphatic carbocycles. The van der Waals surface area contributed by atoms with Gasteiger partial charge in [0, 0.05) is 19.6 Å². The van der Waals surface area contributed by atoms with E-state index in [1.165, 1.54) is 4.68 Å². The van der Waals surface area contributed by atoms with Crippen molar-refractivity contribution in [3.63, 3.8) is 0 Å². The van der Waals surface area contributed by atoms with Crippen molar-refractivity contribution in [2.75, 3.05) is 6.54 Å². The second-order valence-corrected chi connectivity index (χ2v) is 4.65. The van der Waals surface area contributed by atoms with Gasteiger partial charge in [-0.15, -0.1) is 0 Å². The van der Waals surface area contributed by atoms with Gasteiger partial charge >= 0.3 is 0 Å². The van der Waals surface area contributed by atoms with Crippen molar-refractivity contribution < 1.29 is 9.59 Å². The third kappa shape index (κ3) is 2.23. The minimum Gasteiger partial charge on any atom is -0.364 e. The van der Waals surface area contributed by atoms with Gasteiger partial charge in [-0.25, -0.2) is 0 Å². The number of carbonyl (C=O) groups excluding carboxylic acids is 2. The summed E-state index contributed by atoms with van der Waals surface area (Å²) in [6.45, 7) is 2.77. The summed E-state index contributed by atoms with van der Waals surface area (Å²) in [6.07, 6.45) is 3.16. The van der Waals surface area contributed by atoms with E-state index in [0.29, 0.717) is 0 Å². The number of carbonyl (C=O) groups is 2. The molecule has 6 nitrogen and oxygen atoms in total. The Morgan fingerprint density at radius 2 is 2.17 bits per heavy atom. The van der Waals surface area contributed by atoms with Crippen LogP contribution < -0.4 is 5.73 Å². The first-order chi connectivity index (χ1) is 8.50. The van der Waals surface area contributed by atoms with Gasteiger partial charge in [-0.2, -0.15) is 5.10 Å². The fourth-order valence-electron chi connectivity index (χ4n) is 2.26. The molecular weight excluding hydrogens is 232 g/mol. The monoisotopic (exact) mass is 249 g/mol. The first-order valence-corrected chi connectivity index (χ1v) is 6.07. The number of aryl methyl sites for hydroxylation is 1. The SMILES string of the molecule is CC1CCCCN1C(=O)c1[c]c(C(N)=O)nn1C. The van der Waals surface area contributed by atoms with Gasteiger partial charge in [0.1, 0.15) is 5.69 Å². The van der Waals surface area contributed by atoms with Gasteiger partial charge in [0.05, 0.1) is 6.07 Å². The van der Waals surface area contributed by atoms with E-state index in [1.807, 2.05) is 11.8 Å². The maximum atomic E-state index is 12.3. The molecule has 0 saturated carbocycles. The highest BCUT2D eigenvalue weighted by atomic mass is 16.2. The zero-order valence-electron chi connectivity index (χ0n) is 10.6. The van der Waals surface area contributed by atoms with E-state index in [0.717, 1.165) is 25.8 Å². The first-order valence-electron chi connectivity index (χ1n) is 6.07. The maximum absolute atomic E-state index is 12.3. The topological polar surface area (TPSA) is 81.2 Å². The minimum atomic E-state index is -0.670. The van der Waals surface area contributed by atoms with Crippen LogP contribution in [0.3, 0.4) is 0 Å². The quantitative estimate of drug-likeness (QED) is 0.820. The Labute approximate surface area is 106 Å². The molecule has 1 aromatic heterocycles. The summed E-state index contributed by atoms with van der Waals surface area (Å²) in [5.74, 6) is -0.805. The molecule has 2 heterocycles. The molecule has 18 heavy (non-hydrogen) atoms. The van der Waals surface area contributed by atoms with Crippen LogP contribution >= 0.6 is 0 Å². The van der Waals surface area contributed by atoms with Gasteiger partial charge < -0.3 is 10.6 Å². The van der Waals surface area contributed by atoms with E-state index >= 15 is 0 Å². The molecule has 97 valence electrons. The first kappa shape index (κ1) is 12.6. The fourth-order valence-corrected chi connectivity index (χ4v) is 2.26. The van der Waals surface area contributed by atoms with Crippen LogP contribution in [0, 0.1) is 6.07 Å². The molecule has 1 aliphatic rings. The van der Waals surface area contributed by atoms with Crippen LogP contribution in [0.1, 0.15) is 47.2 Å². The normalized spacial score (nSPS) is 19.9. The lowest BCUT2D eigenvalue weighted by molar-refractivity contribution is 0.0624. The van der Waals surface area contributed by atoms with Crippen LogP contribution in [0.5, 0.6) is 0 Å². The van der Waals surface area contributed by atoms with E-state index < -0.39 is 5.91 Å². The van der Waals surface area contributed by atoms with E-state index in [9.17, 15) is 9.59 Å². The number of rotatable bonds is 2. The smallest absolute Gasteiger partial charge is 0.273 e. The van der Waals surface area contributed by atoms with Crippen molar-refractivity contribution in [3.05, 3.63) is 17.5 Å². The second kappa shape index (κ2) is 4.80. The van der Waals surface area contributed by atoms with Gasteiger partial charge in [-0.3, -0.25) is 14.3 Å².